The van der Waals surface area contributed by atoms with E-state index in [2.05, 4.69) is 25.0 Å². The number of nitrogens with zero attached hydrogens (tertiary/aromatic N) is 4. The summed E-state index contributed by atoms with van der Waals surface area (Å²) in [6.07, 6.45) is 0. The van der Waals surface area contributed by atoms with Crippen LogP contribution in [0.5, 0.6) is 5.75 Å². The summed E-state index contributed by atoms with van der Waals surface area (Å²) in [5.74, 6) is 1.01. The van der Waals surface area contributed by atoms with Crippen LogP contribution in [0, 0.1) is 12.7 Å². The van der Waals surface area contributed by atoms with E-state index < -0.39 is 12.4 Å². The van der Waals surface area contributed by atoms with Crippen molar-refractivity contribution in [3.05, 3.63) is 60.2 Å². The number of alkyl halides is 2. The van der Waals surface area contributed by atoms with Gasteiger partial charge in [0, 0.05) is 17.8 Å². The molecule has 10 heteroatoms. The number of hydrogen-bond acceptors (Lipinski definition) is 6. The topological polar surface area (TPSA) is 90.9 Å². The second-order valence-corrected chi connectivity index (χ2v) is 6.13. The Kier molecular flexibility index (Phi) is 4.67. The summed E-state index contributed by atoms with van der Waals surface area (Å²) >= 11 is 0. The van der Waals surface area contributed by atoms with Crippen molar-refractivity contribution in [1.29, 1.82) is 0 Å². The summed E-state index contributed by atoms with van der Waals surface area (Å²) in [5, 5.41) is 2.95. The highest BCUT2D eigenvalue weighted by Gasteiger charge is 2.13. The largest absolute Gasteiger partial charge is 0.435 e. The number of aryl methyl sites for hydroxylation is 1. The van der Waals surface area contributed by atoms with Gasteiger partial charge in [-0.15, -0.1) is 0 Å². The van der Waals surface area contributed by atoms with Crippen LogP contribution in [-0.4, -0.2) is 26.1 Å². The molecule has 0 saturated heterocycles. The molecular weight excluding hydrogens is 385 g/mol. The molecule has 4 rings (SSSR count). The Balaban J connectivity index is 1.69. The predicted octanol–water partition coefficient (Wildman–Crippen LogP) is 4.19. The molecule has 2 heterocycles. The number of hydrogen-bond donors (Lipinski definition) is 2. The molecule has 2 aromatic carbocycles. The van der Waals surface area contributed by atoms with Crippen molar-refractivity contribution < 1.29 is 17.9 Å². The first-order chi connectivity index (χ1) is 13.9. The quantitative estimate of drug-likeness (QED) is 0.522. The SMILES string of the molecule is Cc1nc2ccc(F)cc2n1-c1cc(N)nc(Nc2ccc(OC(F)F)cc2)n1. The van der Waals surface area contributed by atoms with Crippen molar-refractivity contribution in [3.8, 4) is 11.6 Å². The standard InChI is InChI=1S/C19H15F3N6O/c1-10-24-14-7-2-11(20)8-15(14)28(10)17-9-16(23)26-19(27-17)25-12-3-5-13(6-4-12)29-18(21)22/h2-9,18H,1H3,(H3,23,25,26,27). The molecule has 0 aliphatic rings. The van der Waals surface area contributed by atoms with Crippen LogP contribution in [-0.2, 0) is 0 Å². The van der Waals surface area contributed by atoms with Crippen LogP contribution < -0.4 is 15.8 Å². The highest BCUT2D eigenvalue weighted by Crippen LogP contribution is 2.24. The fourth-order valence-electron chi connectivity index (χ4n) is 2.93. The third kappa shape index (κ3) is 3.91. The molecule has 3 N–H and O–H groups in total. The Morgan fingerprint density at radius 1 is 1.03 bits per heavy atom. The Morgan fingerprint density at radius 2 is 1.79 bits per heavy atom. The van der Waals surface area contributed by atoms with Crippen LogP contribution in [0.1, 0.15) is 5.82 Å². The van der Waals surface area contributed by atoms with Crippen LogP contribution in [0.3, 0.4) is 0 Å². The molecule has 4 aromatic rings. The molecule has 0 aliphatic heterocycles. The first-order valence-electron chi connectivity index (χ1n) is 8.50. The fourth-order valence-corrected chi connectivity index (χ4v) is 2.93. The number of nitrogens with one attached hydrogen (secondary N) is 1. The minimum Gasteiger partial charge on any atom is -0.435 e. The number of nitrogen functional groups attached to an aromatic ring is 1. The smallest absolute Gasteiger partial charge is 0.387 e. The van der Waals surface area contributed by atoms with Gasteiger partial charge in [-0.2, -0.15) is 18.7 Å². The maximum absolute atomic E-state index is 13.7. The van der Waals surface area contributed by atoms with Crippen molar-refractivity contribution in [2.75, 3.05) is 11.1 Å². The molecule has 0 amide bonds. The van der Waals surface area contributed by atoms with E-state index in [9.17, 15) is 13.2 Å². The monoisotopic (exact) mass is 400 g/mol. The lowest BCUT2D eigenvalue weighted by molar-refractivity contribution is -0.0498. The van der Waals surface area contributed by atoms with E-state index in [1.165, 1.54) is 36.4 Å². The number of benzene rings is 2. The summed E-state index contributed by atoms with van der Waals surface area (Å²) < 4.78 is 44.2. The van der Waals surface area contributed by atoms with Crippen molar-refractivity contribution in [1.82, 2.24) is 19.5 Å². The zero-order valence-corrected chi connectivity index (χ0v) is 15.1. The molecule has 0 spiro atoms. The maximum Gasteiger partial charge on any atom is 0.387 e. The van der Waals surface area contributed by atoms with Crippen molar-refractivity contribution in [2.24, 2.45) is 0 Å². The van der Waals surface area contributed by atoms with E-state index in [4.69, 9.17) is 5.73 Å². The molecular formula is C19H15F3N6O. The van der Waals surface area contributed by atoms with Crippen LogP contribution in [0.2, 0.25) is 0 Å². The van der Waals surface area contributed by atoms with Gasteiger partial charge in [0.15, 0.2) is 0 Å². The van der Waals surface area contributed by atoms with E-state index in [-0.39, 0.29) is 17.5 Å². The average Bonchev–Trinajstić information content (AvgIpc) is 2.97. The van der Waals surface area contributed by atoms with Gasteiger partial charge in [-0.25, -0.2) is 9.37 Å². The average molecular weight is 400 g/mol. The summed E-state index contributed by atoms with van der Waals surface area (Å²) in [6.45, 7) is -1.13. The summed E-state index contributed by atoms with van der Waals surface area (Å²) in [5.41, 5.74) is 7.62. The lowest BCUT2D eigenvalue weighted by atomic mass is 10.3. The van der Waals surface area contributed by atoms with Gasteiger partial charge in [0.05, 0.1) is 11.0 Å². The lowest BCUT2D eigenvalue weighted by Gasteiger charge is -2.11. The number of anilines is 3. The third-order valence-electron chi connectivity index (χ3n) is 4.08. The number of halogens is 3. The van der Waals surface area contributed by atoms with Gasteiger partial charge in [-0.1, -0.05) is 0 Å². The minimum atomic E-state index is -2.90. The number of fused-ring (bicyclic) bond motifs is 1. The number of rotatable bonds is 5. The zero-order chi connectivity index (χ0) is 20.5. The van der Waals surface area contributed by atoms with Crippen LogP contribution >= 0.6 is 0 Å². The molecule has 2 aromatic heterocycles. The Hall–Kier alpha value is -3.82. The second-order valence-electron chi connectivity index (χ2n) is 6.13. The first kappa shape index (κ1) is 18.5. The summed E-state index contributed by atoms with van der Waals surface area (Å²) in [4.78, 5) is 13.0. The molecule has 148 valence electrons. The first-order valence-corrected chi connectivity index (χ1v) is 8.50. The number of imidazole rings is 1. The van der Waals surface area contributed by atoms with Crippen LogP contribution in [0.4, 0.5) is 30.6 Å². The van der Waals surface area contributed by atoms with Crippen molar-refractivity contribution >= 4 is 28.5 Å². The van der Waals surface area contributed by atoms with Gasteiger partial charge in [0.2, 0.25) is 5.95 Å². The van der Waals surface area contributed by atoms with E-state index in [1.54, 1.807) is 23.6 Å². The van der Waals surface area contributed by atoms with Crippen molar-refractivity contribution in [2.45, 2.75) is 13.5 Å². The normalized spacial score (nSPS) is 11.2. The highest BCUT2D eigenvalue weighted by atomic mass is 19.3. The Labute approximate surface area is 163 Å². The summed E-state index contributed by atoms with van der Waals surface area (Å²) in [6, 6.07) is 11.7. The zero-order valence-electron chi connectivity index (χ0n) is 15.1. The molecule has 0 atom stereocenters. The van der Waals surface area contributed by atoms with E-state index in [0.29, 0.717) is 28.4 Å². The van der Waals surface area contributed by atoms with Gasteiger partial charge in [0.25, 0.3) is 0 Å². The van der Waals surface area contributed by atoms with Gasteiger partial charge >= 0.3 is 6.61 Å². The molecule has 0 radical (unpaired) electrons. The van der Waals surface area contributed by atoms with E-state index in [0.717, 1.165) is 0 Å². The molecule has 0 fully saturated rings. The molecule has 0 bridgehead atoms. The predicted molar refractivity (Wildman–Crippen MR) is 102 cm³/mol. The molecule has 29 heavy (non-hydrogen) atoms. The number of aromatic nitrogens is 4. The van der Waals surface area contributed by atoms with Crippen LogP contribution in [0.25, 0.3) is 16.9 Å². The van der Waals surface area contributed by atoms with Gasteiger partial charge in [0.1, 0.15) is 29.0 Å². The van der Waals surface area contributed by atoms with E-state index >= 15 is 0 Å². The summed E-state index contributed by atoms with van der Waals surface area (Å²) in [7, 11) is 0. The third-order valence-corrected chi connectivity index (χ3v) is 4.08. The highest BCUT2D eigenvalue weighted by molar-refractivity contribution is 5.78. The number of nitrogens with two attached hydrogens (primary N) is 1. The van der Waals surface area contributed by atoms with Gasteiger partial charge in [-0.05, 0) is 43.3 Å². The van der Waals surface area contributed by atoms with Gasteiger partial charge < -0.3 is 15.8 Å². The Bertz CT molecular complexity index is 1180. The molecule has 0 unspecified atom stereocenters. The molecule has 0 aliphatic carbocycles. The Morgan fingerprint density at radius 3 is 2.52 bits per heavy atom. The van der Waals surface area contributed by atoms with Crippen molar-refractivity contribution in [3.63, 3.8) is 0 Å². The molecule has 7 nitrogen and oxygen atoms in total. The maximum atomic E-state index is 13.7. The molecule has 0 saturated carbocycles. The van der Waals surface area contributed by atoms with Crippen LogP contribution in [0.15, 0.2) is 48.5 Å². The van der Waals surface area contributed by atoms with Gasteiger partial charge in [-0.3, -0.25) is 4.57 Å². The lowest BCUT2D eigenvalue weighted by Crippen LogP contribution is -2.07. The minimum absolute atomic E-state index is 0.0299. The second kappa shape index (κ2) is 7.30. The number of ether oxygens (including phenoxy) is 1. The fraction of sp³-hybridized carbons (Fsp3) is 0.105. The van der Waals surface area contributed by atoms with E-state index in [1.807, 2.05) is 0 Å².